The second kappa shape index (κ2) is 5.26. The van der Waals surface area contributed by atoms with Gasteiger partial charge in [0.15, 0.2) is 0 Å². The van der Waals surface area contributed by atoms with Gasteiger partial charge in [-0.2, -0.15) is 0 Å². The number of hydrogen-bond acceptors (Lipinski definition) is 3. The van der Waals surface area contributed by atoms with Crippen LogP contribution in [0.25, 0.3) is 10.9 Å². The Balaban J connectivity index is 1.77. The zero-order valence-electron chi connectivity index (χ0n) is 10.7. The van der Waals surface area contributed by atoms with E-state index < -0.39 is 0 Å². The van der Waals surface area contributed by atoms with Crippen molar-refractivity contribution in [1.82, 2.24) is 15.3 Å². The minimum Gasteiger partial charge on any atom is -0.349 e. The maximum Gasteiger partial charge on any atom is 0.268 e. The van der Waals surface area contributed by atoms with Crippen molar-refractivity contribution in [3.8, 4) is 0 Å². The van der Waals surface area contributed by atoms with Crippen LogP contribution in [0.3, 0.4) is 0 Å². The molecule has 3 aromatic rings. The van der Waals surface area contributed by atoms with Crippen LogP contribution in [0.5, 0.6) is 0 Å². The number of rotatable bonds is 3. The number of carbonyl (C=O) groups excluding carboxylic acids is 1. The monoisotopic (exact) mass is 305 g/mol. The van der Waals surface area contributed by atoms with Crippen LogP contribution in [0.15, 0.2) is 29.6 Å². The summed E-state index contributed by atoms with van der Waals surface area (Å²) in [6.45, 7) is 2.36. The van der Waals surface area contributed by atoms with Gasteiger partial charge in [-0.05, 0) is 19.1 Å². The van der Waals surface area contributed by atoms with Crippen LogP contribution in [-0.2, 0) is 6.54 Å². The lowest BCUT2D eigenvalue weighted by Gasteiger charge is -2.00. The highest BCUT2D eigenvalue weighted by atomic mass is 35.5. The molecule has 0 saturated heterocycles. The average molecular weight is 306 g/mol. The number of benzene rings is 1. The molecule has 1 amide bonds. The molecule has 0 spiro atoms. The van der Waals surface area contributed by atoms with Crippen molar-refractivity contribution in [2.24, 2.45) is 0 Å². The molecular formula is C14H12ClN3OS. The quantitative estimate of drug-likeness (QED) is 0.778. The first-order valence-corrected chi connectivity index (χ1v) is 7.35. The van der Waals surface area contributed by atoms with Gasteiger partial charge in [0, 0.05) is 10.8 Å². The Morgan fingerprint density at radius 1 is 1.50 bits per heavy atom. The topological polar surface area (TPSA) is 57.8 Å². The number of aromatic amines is 1. The molecule has 0 unspecified atom stereocenters. The zero-order chi connectivity index (χ0) is 14.1. The molecule has 3 rings (SSSR count). The van der Waals surface area contributed by atoms with E-state index in [9.17, 15) is 4.79 Å². The second-order valence-corrected chi connectivity index (χ2v) is 5.90. The molecule has 0 aliphatic carbocycles. The lowest BCUT2D eigenvalue weighted by atomic mass is 10.2. The van der Waals surface area contributed by atoms with Gasteiger partial charge in [0.05, 0.1) is 27.8 Å². The Morgan fingerprint density at radius 3 is 3.05 bits per heavy atom. The van der Waals surface area contributed by atoms with Crippen molar-refractivity contribution in [2.75, 3.05) is 0 Å². The predicted molar refractivity (Wildman–Crippen MR) is 81.3 cm³/mol. The maximum absolute atomic E-state index is 12.1. The SMILES string of the molecule is Cc1nc(CNC(=O)c2cc3cccc(Cl)c3[nH]2)cs1. The number of aromatic nitrogens is 2. The number of H-pyrrole nitrogens is 1. The van der Waals surface area contributed by atoms with E-state index in [2.05, 4.69) is 15.3 Å². The third-order valence-corrected chi connectivity index (χ3v) is 4.08. The first-order chi connectivity index (χ1) is 9.63. The van der Waals surface area contributed by atoms with Crippen LogP contribution >= 0.6 is 22.9 Å². The molecule has 0 saturated carbocycles. The third-order valence-electron chi connectivity index (χ3n) is 2.95. The molecule has 0 fully saturated rings. The van der Waals surface area contributed by atoms with Gasteiger partial charge >= 0.3 is 0 Å². The summed E-state index contributed by atoms with van der Waals surface area (Å²) < 4.78 is 0. The van der Waals surface area contributed by atoms with Gasteiger partial charge in [-0.15, -0.1) is 11.3 Å². The van der Waals surface area contributed by atoms with E-state index in [0.29, 0.717) is 17.3 Å². The molecular weight excluding hydrogens is 294 g/mol. The first kappa shape index (κ1) is 13.1. The summed E-state index contributed by atoms with van der Waals surface area (Å²) in [6.07, 6.45) is 0. The normalized spacial score (nSPS) is 10.9. The van der Waals surface area contributed by atoms with Gasteiger partial charge in [-0.3, -0.25) is 4.79 Å². The maximum atomic E-state index is 12.1. The molecule has 2 heterocycles. The third kappa shape index (κ3) is 2.55. The Labute approximate surface area is 124 Å². The number of amides is 1. The summed E-state index contributed by atoms with van der Waals surface area (Å²) in [5.74, 6) is -0.164. The van der Waals surface area contributed by atoms with Gasteiger partial charge < -0.3 is 10.3 Å². The summed E-state index contributed by atoms with van der Waals surface area (Å²) in [7, 11) is 0. The van der Waals surface area contributed by atoms with Crippen molar-refractivity contribution in [3.05, 3.63) is 51.1 Å². The fourth-order valence-electron chi connectivity index (χ4n) is 2.00. The Bertz CT molecular complexity index is 778. The second-order valence-electron chi connectivity index (χ2n) is 4.43. The van der Waals surface area contributed by atoms with E-state index in [1.807, 2.05) is 24.4 Å². The molecule has 1 aromatic carbocycles. The predicted octanol–water partition coefficient (Wildman–Crippen LogP) is 3.52. The van der Waals surface area contributed by atoms with Gasteiger partial charge in [0.25, 0.3) is 5.91 Å². The van der Waals surface area contributed by atoms with Crippen molar-refractivity contribution in [1.29, 1.82) is 0 Å². The number of fused-ring (bicyclic) bond motifs is 1. The molecule has 0 radical (unpaired) electrons. The van der Waals surface area contributed by atoms with Crippen LogP contribution in [0.2, 0.25) is 5.02 Å². The highest BCUT2D eigenvalue weighted by molar-refractivity contribution is 7.09. The number of halogens is 1. The van der Waals surface area contributed by atoms with Crippen molar-refractivity contribution in [3.63, 3.8) is 0 Å². The van der Waals surface area contributed by atoms with Gasteiger partial charge in [-0.25, -0.2) is 4.98 Å². The van der Waals surface area contributed by atoms with E-state index in [-0.39, 0.29) is 5.91 Å². The number of carbonyl (C=O) groups is 1. The Morgan fingerprint density at radius 2 is 2.35 bits per heavy atom. The minimum absolute atomic E-state index is 0.164. The number of para-hydroxylation sites is 1. The number of aryl methyl sites for hydroxylation is 1. The number of hydrogen-bond donors (Lipinski definition) is 2. The fraction of sp³-hybridized carbons (Fsp3) is 0.143. The van der Waals surface area contributed by atoms with Gasteiger partial charge in [0.1, 0.15) is 5.69 Å². The van der Waals surface area contributed by atoms with Gasteiger partial charge in [-0.1, -0.05) is 23.7 Å². The summed E-state index contributed by atoms with van der Waals surface area (Å²) in [4.78, 5) is 19.4. The van der Waals surface area contributed by atoms with Crippen LogP contribution in [-0.4, -0.2) is 15.9 Å². The van der Waals surface area contributed by atoms with Crippen molar-refractivity contribution in [2.45, 2.75) is 13.5 Å². The molecule has 2 aromatic heterocycles. The molecule has 20 heavy (non-hydrogen) atoms. The van der Waals surface area contributed by atoms with Crippen LogP contribution in [0.4, 0.5) is 0 Å². The van der Waals surface area contributed by atoms with E-state index >= 15 is 0 Å². The van der Waals surface area contributed by atoms with Crippen LogP contribution in [0, 0.1) is 6.92 Å². The van der Waals surface area contributed by atoms with E-state index in [4.69, 9.17) is 11.6 Å². The lowest BCUT2D eigenvalue weighted by Crippen LogP contribution is -2.23. The van der Waals surface area contributed by atoms with Crippen molar-refractivity contribution >= 4 is 39.7 Å². The highest BCUT2D eigenvalue weighted by Gasteiger charge is 2.11. The molecule has 0 atom stereocenters. The summed E-state index contributed by atoms with van der Waals surface area (Å²) >= 11 is 7.65. The van der Waals surface area contributed by atoms with Gasteiger partial charge in [0.2, 0.25) is 0 Å². The Hall–Kier alpha value is -1.85. The minimum atomic E-state index is -0.164. The van der Waals surface area contributed by atoms with Crippen LogP contribution < -0.4 is 5.32 Å². The smallest absolute Gasteiger partial charge is 0.268 e. The standard InChI is InChI=1S/C14H12ClN3OS/c1-8-17-10(7-20-8)6-16-14(19)12-5-9-3-2-4-11(15)13(9)18-12/h2-5,7,18H,6H2,1H3,(H,16,19). The molecule has 6 heteroatoms. The lowest BCUT2D eigenvalue weighted by molar-refractivity contribution is 0.0946. The van der Waals surface area contributed by atoms with E-state index in [1.54, 1.807) is 23.5 Å². The molecule has 0 bridgehead atoms. The fourth-order valence-corrected chi connectivity index (χ4v) is 2.84. The summed E-state index contributed by atoms with van der Waals surface area (Å²) in [6, 6.07) is 7.36. The highest BCUT2D eigenvalue weighted by Crippen LogP contribution is 2.23. The zero-order valence-corrected chi connectivity index (χ0v) is 12.3. The average Bonchev–Trinajstić information content (AvgIpc) is 3.03. The number of thiazole rings is 1. The molecule has 4 nitrogen and oxygen atoms in total. The van der Waals surface area contributed by atoms with E-state index in [0.717, 1.165) is 21.6 Å². The summed E-state index contributed by atoms with van der Waals surface area (Å²) in [5, 5.41) is 7.31. The summed E-state index contributed by atoms with van der Waals surface area (Å²) in [5.41, 5.74) is 2.15. The number of nitrogens with one attached hydrogen (secondary N) is 2. The number of nitrogens with zero attached hydrogens (tertiary/aromatic N) is 1. The Kier molecular flexibility index (Phi) is 3.46. The molecule has 0 aliphatic heterocycles. The molecule has 102 valence electrons. The molecule has 0 aliphatic rings. The van der Waals surface area contributed by atoms with Crippen LogP contribution in [0.1, 0.15) is 21.2 Å². The van der Waals surface area contributed by atoms with Crippen molar-refractivity contribution < 1.29 is 4.79 Å². The first-order valence-electron chi connectivity index (χ1n) is 6.10. The largest absolute Gasteiger partial charge is 0.349 e. The molecule has 2 N–H and O–H groups in total. The van der Waals surface area contributed by atoms with E-state index in [1.165, 1.54) is 0 Å².